The summed E-state index contributed by atoms with van der Waals surface area (Å²) in [7, 11) is -3.78. The summed E-state index contributed by atoms with van der Waals surface area (Å²) in [4.78, 5) is 0.0899. The minimum Gasteiger partial charge on any atom is -0.330 e. The molecule has 0 aliphatic rings. The van der Waals surface area contributed by atoms with Crippen molar-refractivity contribution < 1.29 is 12.8 Å². The van der Waals surface area contributed by atoms with Gasteiger partial charge in [0.15, 0.2) is 6.01 Å². The number of unbranched alkanes of at least 4 members (excludes halogenated alkanes) is 1. The standard InChI is InChI=1S/C13H20FNO2S/c1-2-11-7-12(5-3-4-6-15)9-13(8-11)18(16,17)10-14/h7-9H,2-6,10,15H2,1H3. The molecule has 0 unspecified atom stereocenters. The van der Waals surface area contributed by atoms with Gasteiger partial charge < -0.3 is 5.73 Å². The molecular formula is C13H20FNO2S. The van der Waals surface area contributed by atoms with Crippen LogP contribution in [0.5, 0.6) is 0 Å². The second-order valence-corrected chi connectivity index (χ2v) is 6.23. The highest BCUT2D eigenvalue weighted by Gasteiger charge is 2.15. The van der Waals surface area contributed by atoms with E-state index >= 15 is 0 Å². The van der Waals surface area contributed by atoms with Crippen molar-refractivity contribution >= 4 is 9.84 Å². The summed E-state index contributed by atoms with van der Waals surface area (Å²) in [5, 5.41) is 0. The molecule has 1 aromatic rings. The summed E-state index contributed by atoms with van der Waals surface area (Å²) < 4.78 is 35.6. The van der Waals surface area contributed by atoms with Crippen LogP contribution in [0, 0.1) is 0 Å². The Morgan fingerprint density at radius 3 is 2.39 bits per heavy atom. The summed E-state index contributed by atoms with van der Waals surface area (Å²) in [6, 6.07) is 3.77. The van der Waals surface area contributed by atoms with Crippen molar-refractivity contribution in [1.82, 2.24) is 0 Å². The summed E-state index contributed by atoms with van der Waals surface area (Å²) >= 11 is 0. The Balaban J connectivity index is 3.02. The summed E-state index contributed by atoms with van der Waals surface area (Å²) in [6.45, 7) is 2.58. The Morgan fingerprint density at radius 1 is 1.17 bits per heavy atom. The van der Waals surface area contributed by atoms with Gasteiger partial charge in [0, 0.05) is 0 Å². The number of hydrogen-bond acceptors (Lipinski definition) is 3. The van der Waals surface area contributed by atoms with Crippen molar-refractivity contribution in [2.75, 3.05) is 12.6 Å². The van der Waals surface area contributed by atoms with E-state index in [0.717, 1.165) is 36.8 Å². The third-order valence-electron chi connectivity index (χ3n) is 2.86. The average molecular weight is 273 g/mol. The minimum absolute atomic E-state index is 0.0899. The van der Waals surface area contributed by atoms with Gasteiger partial charge in [0.2, 0.25) is 9.84 Å². The molecule has 0 amide bonds. The van der Waals surface area contributed by atoms with Crippen LogP contribution in [0.4, 0.5) is 4.39 Å². The molecule has 1 aromatic carbocycles. The SMILES string of the molecule is CCc1cc(CCCCN)cc(S(=O)(=O)CF)c1. The fourth-order valence-corrected chi connectivity index (χ4v) is 2.58. The molecule has 0 aliphatic heterocycles. The minimum atomic E-state index is -3.78. The molecule has 3 nitrogen and oxygen atoms in total. The number of aryl methyl sites for hydroxylation is 2. The number of benzene rings is 1. The Morgan fingerprint density at radius 2 is 1.83 bits per heavy atom. The van der Waals surface area contributed by atoms with Gasteiger partial charge >= 0.3 is 0 Å². The van der Waals surface area contributed by atoms with Gasteiger partial charge in [-0.25, -0.2) is 12.8 Å². The van der Waals surface area contributed by atoms with Crippen LogP contribution in [-0.2, 0) is 22.7 Å². The fourth-order valence-electron chi connectivity index (χ4n) is 1.79. The van der Waals surface area contributed by atoms with Gasteiger partial charge in [-0.15, -0.1) is 0 Å². The quantitative estimate of drug-likeness (QED) is 0.775. The maximum absolute atomic E-state index is 12.5. The fraction of sp³-hybridized carbons (Fsp3) is 0.538. The number of hydrogen-bond donors (Lipinski definition) is 1. The summed E-state index contributed by atoms with van der Waals surface area (Å²) in [5.74, 6) is 0. The Hall–Kier alpha value is -0.940. The highest BCUT2D eigenvalue weighted by molar-refractivity contribution is 7.91. The van der Waals surface area contributed by atoms with Crippen LogP contribution in [0.15, 0.2) is 23.1 Å². The zero-order valence-corrected chi connectivity index (χ0v) is 11.5. The molecule has 0 saturated carbocycles. The molecule has 0 heterocycles. The topological polar surface area (TPSA) is 60.2 Å². The molecule has 0 bridgehead atoms. The normalized spacial score (nSPS) is 11.7. The number of nitrogens with two attached hydrogens (primary N) is 1. The molecule has 18 heavy (non-hydrogen) atoms. The van der Waals surface area contributed by atoms with E-state index in [0.29, 0.717) is 6.54 Å². The van der Waals surface area contributed by atoms with E-state index in [-0.39, 0.29) is 4.90 Å². The van der Waals surface area contributed by atoms with Crippen LogP contribution in [0.1, 0.15) is 30.9 Å². The lowest BCUT2D eigenvalue weighted by Crippen LogP contribution is -2.05. The van der Waals surface area contributed by atoms with Crippen molar-refractivity contribution in [2.24, 2.45) is 5.73 Å². The lowest BCUT2D eigenvalue weighted by molar-refractivity contribution is 0.534. The van der Waals surface area contributed by atoms with E-state index in [9.17, 15) is 12.8 Å². The van der Waals surface area contributed by atoms with Crippen molar-refractivity contribution in [3.63, 3.8) is 0 Å². The van der Waals surface area contributed by atoms with Gasteiger partial charge in [0.25, 0.3) is 0 Å². The average Bonchev–Trinajstić information content (AvgIpc) is 2.38. The van der Waals surface area contributed by atoms with Crippen molar-refractivity contribution in [3.8, 4) is 0 Å². The van der Waals surface area contributed by atoms with Gasteiger partial charge in [-0.1, -0.05) is 13.0 Å². The summed E-state index contributed by atoms with van der Waals surface area (Å²) in [6.07, 6.45) is 3.33. The van der Waals surface area contributed by atoms with Crippen LogP contribution in [-0.4, -0.2) is 21.0 Å². The second kappa shape index (κ2) is 6.85. The van der Waals surface area contributed by atoms with Crippen LogP contribution in [0.3, 0.4) is 0 Å². The summed E-state index contributed by atoms with van der Waals surface area (Å²) in [5.41, 5.74) is 7.29. The van der Waals surface area contributed by atoms with Crippen LogP contribution >= 0.6 is 0 Å². The lowest BCUT2D eigenvalue weighted by Gasteiger charge is -2.08. The zero-order valence-electron chi connectivity index (χ0n) is 10.7. The molecule has 102 valence electrons. The van der Waals surface area contributed by atoms with E-state index in [2.05, 4.69) is 0 Å². The largest absolute Gasteiger partial charge is 0.330 e. The second-order valence-electron chi connectivity index (χ2n) is 4.31. The molecule has 5 heteroatoms. The highest BCUT2D eigenvalue weighted by atomic mass is 32.2. The molecule has 0 radical (unpaired) electrons. The van der Waals surface area contributed by atoms with Gasteiger partial charge in [-0.05, 0) is 55.5 Å². The smallest absolute Gasteiger partial charge is 0.207 e. The van der Waals surface area contributed by atoms with Gasteiger partial charge in [-0.3, -0.25) is 0 Å². The van der Waals surface area contributed by atoms with E-state index in [1.807, 2.05) is 13.0 Å². The van der Waals surface area contributed by atoms with E-state index in [4.69, 9.17) is 5.73 Å². The third-order valence-corrected chi connectivity index (χ3v) is 4.10. The molecule has 0 saturated heterocycles. The molecular weight excluding hydrogens is 253 g/mol. The van der Waals surface area contributed by atoms with E-state index < -0.39 is 15.8 Å². The maximum Gasteiger partial charge on any atom is 0.207 e. The highest BCUT2D eigenvalue weighted by Crippen LogP contribution is 2.19. The van der Waals surface area contributed by atoms with Gasteiger partial charge in [0.1, 0.15) is 0 Å². The predicted octanol–water partition coefficient (Wildman–Crippen LogP) is 2.23. The first-order valence-corrected chi connectivity index (χ1v) is 7.80. The number of alkyl halides is 1. The molecule has 0 atom stereocenters. The maximum atomic E-state index is 12.5. The van der Waals surface area contributed by atoms with Gasteiger partial charge in [-0.2, -0.15) is 0 Å². The van der Waals surface area contributed by atoms with Gasteiger partial charge in [0.05, 0.1) is 4.90 Å². The van der Waals surface area contributed by atoms with Crippen molar-refractivity contribution in [1.29, 1.82) is 0 Å². The van der Waals surface area contributed by atoms with E-state index in [1.165, 1.54) is 0 Å². The van der Waals surface area contributed by atoms with Crippen LogP contribution in [0.25, 0.3) is 0 Å². The first kappa shape index (κ1) is 15.1. The molecule has 0 spiro atoms. The third kappa shape index (κ3) is 4.07. The predicted molar refractivity (Wildman–Crippen MR) is 71.0 cm³/mol. The molecule has 0 aliphatic carbocycles. The number of halogens is 1. The monoisotopic (exact) mass is 273 g/mol. The first-order valence-electron chi connectivity index (χ1n) is 6.15. The zero-order chi connectivity index (χ0) is 13.6. The lowest BCUT2D eigenvalue weighted by atomic mass is 10.0. The van der Waals surface area contributed by atoms with Crippen LogP contribution < -0.4 is 5.73 Å². The Labute approximate surface area is 108 Å². The molecule has 0 aromatic heterocycles. The number of rotatable bonds is 7. The van der Waals surface area contributed by atoms with Crippen molar-refractivity contribution in [3.05, 3.63) is 29.3 Å². The molecule has 2 N–H and O–H groups in total. The molecule has 0 fully saturated rings. The Kier molecular flexibility index (Phi) is 5.75. The van der Waals surface area contributed by atoms with Crippen molar-refractivity contribution in [2.45, 2.75) is 37.5 Å². The molecule has 1 rings (SSSR count). The van der Waals surface area contributed by atoms with Crippen LogP contribution in [0.2, 0.25) is 0 Å². The Bertz CT molecular complexity index is 486. The van der Waals surface area contributed by atoms with E-state index in [1.54, 1.807) is 12.1 Å². The first-order chi connectivity index (χ1) is 8.53. The number of sulfone groups is 1.